The molecule has 1 N–H and O–H groups in total. The zero-order chi connectivity index (χ0) is 9.40. The molecular formula is C10H17NO. The Hall–Kier alpha value is -0.890. The minimum atomic E-state index is -0.0626. The Morgan fingerprint density at radius 3 is 2.50 bits per heavy atom. The van der Waals surface area contributed by atoms with Crippen LogP contribution >= 0.6 is 0 Å². The van der Waals surface area contributed by atoms with Gasteiger partial charge in [-0.15, -0.1) is 0 Å². The van der Waals surface area contributed by atoms with Gasteiger partial charge >= 0.3 is 0 Å². The smallest absolute Gasteiger partial charge is 0.137 e. The molecule has 0 saturated carbocycles. The van der Waals surface area contributed by atoms with Crippen LogP contribution in [0.4, 0.5) is 0 Å². The van der Waals surface area contributed by atoms with Gasteiger partial charge in [0.1, 0.15) is 6.29 Å². The molecule has 2 heteroatoms. The van der Waals surface area contributed by atoms with E-state index in [1.165, 1.54) is 5.57 Å². The average molecular weight is 167 g/mol. The highest BCUT2D eigenvalue weighted by Gasteiger charge is 2.03. The summed E-state index contributed by atoms with van der Waals surface area (Å²) in [7, 11) is 1.79. The third-order valence-corrected chi connectivity index (χ3v) is 1.74. The van der Waals surface area contributed by atoms with E-state index in [1.54, 1.807) is 7.05 Å². The number of nitrogens with one attached hydrogen (secondary N) is 1. The van der Waals surface area contributed by atoms with Crippen molar-refractivity contribution in [3.63, 3.8) is 0 Å². The first-order valence-electron chi connectivity index (χ1n) is 4.18. The van der Waals surface area contributed by atoms with Gasteiger partial charge in [-0.3, -0.25) is 0 Å². The van der Waals surface area contributed by atoms with E-state index in [1.807, 2.05) is 32.1 Å². The van der Waals surface area contributed by atoms with E-state index in [-0.39, 0.29) is 6.04 Å². The van der Waals surface area contributed by atoms with Gasteiger partial charge in [-0.25, -0.2) is 0 Å². The third-order valence-electron chi connectivity index (χ3n) is 1.74. The van der Waals surface area contributed by atoms with Gasteiger partial charge in [0, 0.05) is 0 Å². The van der Waals surface area contributed by atoms with Gasteiger partial charge in [-0.05, 0) is 27.3 Å². The molecule has 0 aromatic heterocycles. The molecule has 0 aromatic rings. The van der Waals surface area contributed by atoms with E-state index in [9.17, 15) is 4.79 Å². The van der Waals surface area contributed by atoms with Gasteiger partial charge < -0.3 is 10.1 Å². The molecule has 0 aliphatic rings. The van der Waals surface area contributed by atoms with Crippen molar-refractivity contribution in [2.75, 3.05) is 7.05 Å². The van der Waals surface area contributed by atoms with Crippen molar-refractivity contribution >= 4 is 6.29 Å². The third kappa shape index (κ3) is 4.09. The summed E-state index contributed by atoms with van der Waals surface area (Å²) in [5, 5.41) is 2.93. The van der Waals surface area contributed by atoms with Crippen LogP contribution < -0.4 is 5.32 Å². The Bertz CT molecular complexity index is 182. The number of hydrogen-bond acceptors (Lipinski definition) is 2. The number of rotatable bonds is 5. The molecule has 0 rings (SSSR count). The Balaban J connectivity index is 4.10. The van der Waals surface area contributed by atoms with Crippen LogP contribution in [-0.4, -0.2) is 19.4 Å². The van der Waals surface area contributed by atoms with Crippen LogP contribution in [0.5, 0.6) is 0 Å². The highest BCUT2D eigenvalue weighted by Crippen LogP contribution is 2.05. The first-order valence-corrected chi connectivity index (χ1v) is 4.18. The molecule has 0 aliphatic carbocycles. The summed E-state index contributed by atoms with van der Waals surface area (Å²) in [6.07, 6.45) is 7.72. The number of allylic oxidation sites excluding steroid dienone is 3. The minimum Gasteiger partial charge on any atom is -0.311 e. The second-order valence-electron chi connectivity index (χ2n) is 2.60. The topological polar surface area (TPSA) is 29.1 Å². The summed E-state index contributed by atoms with van der Waals surface area (Å²) < 4.78 is 0. The summed E-state index contributed by atoms with van der Waals surface area (Å²) in [6.45, 7) is 3.95. The largest absolute Gasteiger partial charge is 0.311 e. The summed E-state index contributed by atoms with van der Waals surface area (Å²) in [5.74, 6) is 0. The predicted molar refractivity (Wildman–Crippen MR) is 52.1 cm³/mol. The molecular weight excluding hydrogens is 150 g/mol. The van der Waals surface area contributed by atoms with E-state index in [0.717, 1.165) is 12.7 Å². The summed E-state index contributed by atoms with van der Waals surface area (Å²) in [5.41, 5.74) is 1.18. The van der Waals surface area contributed by atoms with E-state index < -0.39 is 0 Å². The second-order valence-corrected chi connectivity index (χ2v) is 2.60. The Morgan fingerprint density at radius 1 is 1.50 bits per heavy atom. The monoisotopic (exact) mass is 167 g/mol. The van der Waals surface area contributed by atoms with Crippen LogP contribution in [0.3, 0.4) is 0 Å². The van der Waals surface area contributed by atoms with Crippen LogP contribution in [0.2, 0.25) is 0 Å². The maximum absolute atomic E-state index is 10.5. The fraction of sp³-hybridized carbons (Fsp3) is 0.500. The number of carbonyl (C=O) groups excluding carboxylic acids is 1. The van der Waals surface area contributed by atoms with E-state index in [2.05, 4.69) is 5.32 Å². The van der Waals surface area contributed by atoms with Gasteiger partial charge in [-0.1, -0.05) is 23.8 Å². The van der Waals surface area contributed by atoms with Crippen LogP contribution in [0.15, 0.2) is 23.8 Å². The van der Waals surface area contributed by atoms with Crippen molar-refractivity contribution in [2.24, 2.45) is 0 Å². The molecule has 2 nitrogen and oxygen atoms in total. The fourth-order valence-electron chi connectivity index (χ4n) is 0.968. The lowest BCUT2D eigenvalue weighted by Crippen LogP contribution is -2.26. The van der Waals surface area contributed by atoms with E-state index >= 15 is 0 Å². The van der Waals surface area contributed by atoms with Crippen molar-refractivity contribution in [1.82, 2.24) is 5.32 Å². The average Bonchev–Trinajstić information content (AvgIpc) is 2.12. The van der Waals surface area contributed by atoms with Crippen molar-refractivity contribution in [2.45, 2.75) is 26.3 Å². The maximum atomic E-state index is 10.5. The molecule has 0 spiro atoms. The molecule has 0 amide bonds. The number of aldehydes is 1. The lowest BCUT2D eigenvalue weighted by atomic mass is 10.1. The van der Waals surface area contributed by atoms with Gasteiger partial charge in [-0.2, -0.15) is 0 Å². The standard InChI is InChI=1S/C10H17NO/c1-4-6-9(5-2)7-10(8-12)11-3/h4-6,8,10-11H,7H2,1-3H3/b6-4-,9-5+. The van der Waals surface area contributed by atoms with Crippen molar-refractivity contribution < 1.29 is 4.79 Å². The first-order chi connectivity index (χ1) is 5.78. The van der Waals surface area contributed by atoms with Crippen molar-refractivity contribution in [3.8, 4) is 0 Å². The highest BCUT2D eigenvalue weighted by atomic mass is 16.1. The van der Waals surface area contributed by atoms with Gasteiger partial charge in [0.15, 0.2) is 0 Å². The molecule has 0 radical (unpaired) electrons. The quantitative estimate of drug-likeness (QED) is 0.498. The fourth-order valence-corrected chi connectivity index (χ4v) is 0.968. The van der Waals surface area contributed by atoms with Crippen molar-refractivity contribution in [3.05, 3.63) is 23.8 Å². The zero-order valence-electron chi connectivity index (χ0n) is 8.00. The van der Waals surface area contributed by atoms with Crippen LogP contribution in [0.1, 0.15) is 20.3 Å². The van der Waals surface area contributed by atoms with Gasteiger partial charge in [0.05, 0.1) is 6.04 Å². The Morgan fingerprint density at radius 2 is 2.17 bits per heavy atom. The first kappa shape index (κ1) is 11.1. The minimum absolute atomic E-state index is 0.0626. The lowest BCUT2D eigenvalue weighted by molar-refractivity contribution is -0.109. The molecule has 12 heavy (non-hydrogen) atoms. The summed E-state index contributed by atoms with van der Waals surface area (Å²) in [4.78, 5) is 10.5. The number of likely N-dealkylation sites (N-methyl/N-ethyl adjacent to an activating group) is 1. The SMILES string of the molecule is C/C=C\C(=C/C)CC(C=O)NC. The van der Waals surface area contributed by atoms with E-state index in [0.29, 0.717) is 0 Å². The molecule has 1 atom stereocenters. The van der Waals surface area contributed by atoms with Crippen LogP contribution in [0, 0.1) is 0 Å². The molecule has 0 heterocycles. The maximum Gasteiger partial charge on any atom is 0.137 e. The number of carbonyl (C=O) groups is 1. The highest BCUT2D eigenvalue weighted by molar-refractivity contribution is 5.58. The second kappa shape index (κ2) is 6.80. The summed E-state index contributed by atoms with van der Waals surface area (Å²) >= 11 is 0. The molecule has 1 unspecified atom stereocenters. The Kier molecular flexibility index (Phi) is 6.29. The molecule has 68 valence electrons. The molecule has 0 fully saturated rings. The zero-order valence-corrected chi connectivity index (χ0v) is 8.00. The van der Waals surface area contributed by atoms with Crippen LogP contribution in [-0.2, 0) is 4.79 Å². The molecule has 0 saturated heterocycles. The Labute approximate surface area is 74.4 Å². The number of hydrogen-bond donors (Lipinski definition) is 1. The molecule has 0 aliphatic heterocycles. The lowest BCUT2D eigenvalue weighted by Gasteiger charge is -2.08. The normalized spacial score (nSPS) is 15.1. The predicted octanol–water partition coefficient (Wildman–Crippen LogP) is 1.69. The molecule has 0 aromatic carbocycles. The van der Waals surface area contributed by atoms with Crippen LogP contribution in [0.25, 0.3) is 0 Å². The summed E-state index contributed by atoms with van der Waals surface area (Å²) in [6, 6.07) is -0.0626. The molecule has 0 bridgehead atoms. The van der Waals surface area contributed by atoms with E-state index in [4.69, 9.17) is 0 Å². The van der Waals surface area contributed by atoms with Gasteiger partial charge in [0.2, 0.25) is 0 Å². The van der Waals surface area contributed by atoms with Gasteiger partial charge in [0.25, 0.3) is 0 Å². The van der Waals surface area contributed by atoms with Crippen molar-refractivity contribution in [1.29, 1.82) is 0 Å².